The zero-order valence-corrected chi connectivity index (χ0v) is 15.3. The zero-order valence-electron chi connectivity index (χ0n) is 12.2. The number of nitrogens with two attached hydrogens (primary N) is 1. The van der Waals surface area contributed by atoms with Gasteiger partial charge in [-0.2, -0.15) is 0 Å². The first-order chi connectivity index (χ1) is 7.72. The minimum absolute atomic E-state index is 0. The van der Waals surface area contributed by atoms with Crippen molar-refractivity contribution in [2.45, 2.75) is 52.5 Å². The Morgan fingerprint density at radius 1 is 1.39 bits per heavy atom. The normalized spacial score (nSPS) is 30.6. The molecule has 1 rings (SSSR count). The van der Waals surface area contributed by atoms with Crippen LogP contribution in [0.5, 0.6) is 0 Å². The Balaban J connectivity index is 0.00000289. The first-order valence-electron chi connectivity index (χ1n) is 6.39. The maximum atomic E-state index is 10.3. The molecule has 0 aliphatic heterocycles. The average Bonchev–Trinajstić information content (AvgIpc) is 2.07. The number of carbonyl (C=O) groups excluding carboxylic acids is 1. The Kier molecular flexibility index (Phi) is 8.15. The van der Waals surface area contributed by atoms with Gasteiger partial charge in [-0.25, -0.2) is 0 Å². The van der Waals surface area contributed by atoms with E-state index in [0.717, 1.165) is 25.8 Å². The molecule has 0 amide bonds. The van der Waals surface area contributed by atoms with Gasteiger partial charge >= 0.3 is 51.4 Å². The molecule has 0 aromatic carbocycles. The average molecular weight is 280 g/mol. The van der Waals surface area contributed by atoms with Crippen molar-refractivity contribution < 1.29 is 61.3 Å². The molecule has 0 aromatic rings. The fourth-order valence-electron chi connectivity index (χ4n) is 3.43. The Labute approximate surface area is 153 Å². The molecular formula is C13H25KN2O2. The van der Waals surface area contributed by atoms with E-state index < -0.39 is 5.97 Å². The number of carbonyl (C=O) groups is 1. The fraction of sp³-hybridized carbons (Fsp3) is 0.923. The number of aliphatic carboxylic acids is 1. The second kappa shape index (κ2) is 7.71. The molecule has 0 radical (unpaired) electrons. The minimum atomic E-state index is -0.997. The summed E-state index contributed by atoms with van der Waals surface area (Å²) in [6.45, 7) is 8.06. The van der Waals surface area contributed by atoms with Gasteiger partial charge in [-0.05, 0) is 36.5 Å². The van der Waals surface area contributed by atoms with E-state index >= 15 is 0 Å². The monoisotopic (exact) mass is 280 g/mol. The van der Waals surface area contributed by atoms with Gasteiger partial charge in [-0.3, -0.25) is 0 Å². The van der Waals surface area contributed by atoms with Crippen molar-refractivity contribution in [2.75, 3.05) is 13.1 Å². The van der Waals surface area contributed by atoms with Gasteiger partial charge in [0.1, 0.15) is 0 Å². The number of nitrogens with one attached hydrogen (secondary N) is 1. The van der Waals surface area contributed by atoms with E-state index in [1.165, 1.54) is 0 Å². The van der Waals surface area contributed by atoms with E-state index in [2.05, 4.69) is 26.1 Å². The van der Waals surface area contributed by atoms with E-state index in [1.54, 1.807) is 0 Å². The molecule has 0 aromatic heterocycles. The van der Waals surface area contributed by atoms with Gasteiger partial charge in [0.2, 0.25) is 0 Å². The third-order valence-electron chi connectivity index (χ3n) is 3.53. The molecule has 100 valence electrons. The zero-order chi connectivity index (χ0) is 13.1. The van der Waals surface area contributed by atoms with Crippen molar-refractivity contribution in [3.63, 3.8) is 0 Å². The Hall–Kier alpha value is 1.03. The van der Waals surface area contributed by atoms with Gasteiger partial charge in [-0.15, -0.1) is 0 Å². The van der Waals surface area contributed by atoms with Crippen LogP contribution in [0.4, 0.5) is 0 Å². The summed E-state index contributed by atoms with van der Waals surface area (Å²) in [5.41, 5.74) is 6.56. The molecule has 1 aliphatic rings. The maximum absolute atomic E-state index is 10.3. The number of carboxylic acids is 1. The van der Waals surface area contributed by atoms with Gasteiger partial charge < -0.3 is 21.0 Å². The number of hydrogen-bond acceptors (Lipinski definition) is 4. The number of rotatable bonds is 5. The summed E-state index contributed by atoms with van der Waals surface area (Å²) in [5.74, 6) is -0.997. The van der Waals surface area contributed by atoms with E-state index in [-0.39, 0.29) is 74.7 Å². The van der Waals surface area contributed by atoms with Crippen LogP contribution in [0, 0.1) is 10.8 Å². The Morgan fingerprint density at radius 3 is 2.50 bits per heavy atom. The molecule has 5 heteroatoms. The third-order valence-corrected chi connectivity index (χ3v) is 3.53. The Bertz CT molecular complexity index is 284. The van der Waals surface area contributed by atoms with Crippen LogP contribution in [0.1, 0.15) is 46.5 Å². The molecule has 18 heavy (non-hydrogen) atoms. The smallest absolute Gasteiger partial charge is 0.550 e. The second-order valence-electron chi connectivity index (χ2n) is 6.62. The van der Waals surface area contributed by atoms with Crippen LogP contribution in [0.25, 0.3) is 0 Å². The van der Waals surface area contributed by atoms with Crippen molar-refractivity contribution in [3.05, 3.63) is 0 Å². The molecule has 2 atom stereocenters. The van der Waals surface area contributed by atoms with Crippen LogP contribution in [-0.4, -0.2) is 25.1 Å². The summed E-state index contributed by atoms with van der Waals surface area (Å²) in [7, 11) is 0. The Morgan fingerprint density at radius 2 is 2.00 bits per heavy atom. The summed E-state index contributed by atoms with van der Waals surface area (Å²) in [6.07, 6.45) is 3.29. The minimum Gasteiger partial charge on any atom is -0.550 e. The summed E-state index contributed by atoms with van der Waals surface area (Å²) in [4.78, 5) is 10.3. The standard InChI is InChI=1S/C13H26N2O2.K/c1-12(2)6-10(14)7-13(3,8-12)9-15-5-4-11(16)17;/h10,15H,4-9,14H2,1-3H3,(H,16,17);/q;+1/p-1. The molecule has 1 fully saturated rings. The number of carboxylic acid groups (broad SMARTS) is 1. The maximum Gasteiger partial charge on any atom is 1.00 e. The predicted octanol–water partition coefficient (Wildman–Crippen LogP) is -2.74. The molecule has 0 spiro atoms. The molecule has 1 aliphatic carbocycles. The van der Waals surface area contributed by atoms with Gasteiger partial charge in [0, 0.05) is 25.1 Å². The predicted molar refractivity (Wildman–Crippen MR) is 66.2 cm³/mol. The van der Waals surface area contributed by atoms with Gasteiger partial charge in [-0.1, -0.05) is 20.8 Å². The van der Waals surface area contributed by atoms with Crippen LogP contribution in [0.15, 0.2) is 0 Å². The molecule has 1 saturated carbocycles. The van der Waals surface area contributed by atoms with Crippen molar-refractivity contribution >= 4 is 5.97 Å². The molecule has 3 N–H and O–H groups in total. The largest absolute Gasteiger partial charge is 1.00 e. The molecular weight excluding hydrogens is 255 g/mol. The SMILES string of the molecule is CC1(C)CC(N)CC(C)(CNCCC(=O)[O-])C1.[K+]. The van der Waals surface area contributed by atoms with Crippen molar-refractivity contribution in [1.82, 2.24) is 5.32 Å². The quantitative estimate of drug-likeness (QED) is 0.423. The van der Waals surface area contributed by atoms with Crippen LogP contribution in [0.3, 0.4) is 0 Å². The van der Waals surface area contributed by atoms with Crippen LogP contribution in [-0.2, 0) is 4.79 Å². The third kappa shape index (κ3) is 6.98. The molecule has 0 bridgehead atoms. The van der Waals surface area contributed by atoms with E-state index in [4.69, 9.17) is 5.73 Å². The van der Waals surface area contributed by atoms with Gasteiger partial charge in [0.05, 0.1) is 0 Å². The second-order valence-corrected chi connectivity index (χ2v) is 6.62. The van der Waals surface area contributed by atoms with Gasteiger partial charge in [0.25, 0.3) is 0 Å². The fourth-order valence-corrected chi connectivity index (χ4v) is 3.43. The number of hydrogen-bond donors (Lipinski definition) is 2. The van der Waals surface area contributed by atoms with Crippen molar-refractivity contribution in [1.29, 1.82) is 0 Å². The van der Waals surface area contributed by atoms with E-state index in [1.807, 2.05) is 0 Å². The van der Waals surface area contributed by atoms with Gasteiger partial charge in [0.15, 0.2) is 0 Å². The van der Waals surface area contributed by atoms with Crippen LogP contribution >= 0.6 is 0 Å². The van der Waals surface area contributed by atoms with Crippen LogP contribution in [0.2, 0.25) is 0 Å². The summed E-state index contributed by atoms with van der Waals surface area (Å²) in [5, 5.41) is 13.5. The first-order valence-corrected chi connectivity index (χ1v) is 6.39. The molecule has 2 unspecified atom stereocenters. The van der Waals surface area contributed by atoms with E-state index in [0.29, 0.717) is 6.54 Å². The summed E-state index contributed by atoms with van der Waals surface area (Å²) >= 11 is 0. The topological polar surface area (TPSA) is 78.2 Å². The first kappa shape index (κ1) is 19.0. The molecule has 0 heterocycles. The summed E-state index contributed by atoms with van der Waals surface area (Å²) in [6, 6.07) is 0.256. The van der Waals surface area contributed by atoms with Crippen molar-refractivity contribution in [2.24, 2.45) is 16.6 Å². The van der Waals surface area contributed by atoms with E-state index in [9.17, 15) is 9.90 Å². The van der Waals surface area contributed by atoms with Crippen LogP contribution < -0.4 is 67.5 Å². The van der Waals surface area contributed by atoms with Crippen molar-refractivity contribution in [3.8, 4) is 0 Å². The molecule has 4 nitrogen and oxygen atoms in total. The molecule has 0 saturated heterocycles. The summed E-state index contributed by atoms with van der Waals surface area (Å²) < 4.78 is 0.